The van der Waals surface area contributed by atoms with E-state index < -0.39 is 40.7 Å². The van der Waals surface area contributed by atoms with Crippen molar-refractivity contribution in [3.63, 3.8) is 0 Å². The van der Waals surface area contributed by atoms with Gasteiger partial charge in [0.05, 0.1) is 0 Å². The van der Waals surface area contributed by atoms with Crippen molar-refractivity contribution in [1.82, 2.24) is 0 Å². The lowest BCUT2D eigenvalue weighted by molar-refractivity contribution is -0.194. The van der Waals surface area contributed by atoms with E-state index in [9.17, 15) is 29.4 Å². The Morgan fingerprint density at radius 3 is 2.27 bits per heavy atom. The predicted octanol–water partition coefficient (Wildman–Crippen LogP) is 1.98. The topological polar surface area (TPSA) is 127 Å². The highest BCUT2D eigenvalue weighted by atomic mass is 16.6. The zero-order valence-electron chi connectivity index (χ0n) is 14.5. The Morgan fingerprint density at radius 2 is 1.85 bits per heavy atom. The Bertz CT molecular complexity index is 729. The molecule has 140 valence electrons. The Kier molecular flexibility index (Phi) is 6.28. The molecule has 0 fully saturated rings. The highest BCUT2D eigenvalue weighted by Crippen LogP contribution is 2.49. The minimum Gasteiger partial charge on any atom is -0.480 e. The molecule has 2 atom stereocenters. The fourth-order valence-electron chi connectivity index (χ4n) is 2.72. The Hall–Kier alpha value is -3.16. The fourth-order valence-corrected chi connectivity index (χ4v) is 2.72. The first kappa shape index (κ1) is 20.9. The molecule has 26 heavy (non-hydrogen) atoms. The normalized spacial score (nSPS) is 24.2. The molecular weight excluding hydrogens is 344 g/mol. The molecule has 8 nitrogen and oxygen atoms in total. The van der Waals surface area contributed by atoms with Crippen LogP contribution in [0.1, 0.15) is 26.7 Å². The zero-order valence-corrected chi connectivity index (χ0v) is 14.5. The van der Waals surface area contributed by atoms with Gasteiger partial charge in [0.25, 0.3) is 0 Å². The van der Waals surface area contributed by atoms with E-state index in [1.165, 1.54) is 6.92 Å². The van der Waals surface area contributed by atoms with E-state index in [-0.39, 0.29) is 18.4 Å². The van der Waals surface area contributed by atoms with Crippen molar-refractivity contribution >= 4 is 23.9 Å². The molecule has 0 saturated carbocycles. The third kappa shape index (κ3) is 3.30. The minimum absolute atomic E-state index is 0.0137. The van der Waals surface area contributed by atoms with Crippen molar-refractivity contribution in [2.24, 2.45) is 5.41 Å². The lowest BCUT2D eigenvalue weighted by Crippen LogP contribution is -2.61. The van der Waals surface area contributed by atoms with Gasteiger partial charge in [0.1, 0.15) is 5.76 Å². The summed E-state index contributed by atoms with van der Waals surface area (Å²) in [6.45, 7) is 9.57. The van der Waals surface area contributed by atoms with Crippen molar-refractivity contribution < 1.29 is 38.9 Å². The van der Waals surface area contributed by atoms with Crippen LogP contribution in [0.2, 0.25) is 0 Å². The molecule has 8 heteroatoms. The number of carboxylic acid groups (broad SMARTS) is 2. The van der Waals surface area contributed by atoms with Gasteiger partial charge in [-0.3, -0.25) is 4.79 Å². The summed E-state index contributed by atoms with van der Waals surface area (Å²) in [7, 11) is 0. The van der Waals surface area contributed by atoms with Gasteiger partial charge in [0.2, 0.25) is 5.60 Å². The molecule has 0 radical (unpaired) electrons. The van der Waals surface area contributed by atoms with Gasteiger partial charge in [-0.05, 0) is 25.5 Å². The molecular formula is C18H20O8. The SMILES string of the molecule is C=CC(=O)OC1(C(=O)O)C=CC=C(OC(=O)C(=C)C)C1(CCC)C(=O)O. The molecule has 1 rings (SSSR count). The van der Waals surface area contributed by atoms with Crippen LogP contribution in [0.15, 0.2) is 48.8 Å². The van der Waals surface area contributed by atoms with Crippen LogP contribution in [0.25, 0.3) is 0 Å². The van der Waals surface area contributed by atoms with E-state index in [1.807, 2.05) is 0 Å². The number of rotatable bonds is 8. The number of allylic oxidation sites excluding steroid dienone is 2. The number of esters is 2. The molecule has 0 amide bonds. The van der Waals surface area contributed by atoms with Crippen LogP contribution in [-0.4, -0.2) is 39.7 Å². The Labute approximate surface area is 150 Å². The first-order valence-electron chi connectivity index (χ1n) is 7.69. The molecule has 0 aromatic rings. The van der Waals surface area contributed by atoms with E-state index in [0.29, 0.717) is 0 Å². The highest BCUT2D eigenvalue weighted by Gasteiger charge is 2.67. The quantitative estimate of drug-likeness (QED) is 0.494. The molecule has 0 aromatic heterocycles. The van der Waals surface area contributed by atoms with E-state index in [1.54, 1.807) is 6.92 Å². The molecule has 0 spiro atoms. The van der Waals surface area contributed by atoms with Gasteiger partial charge < -0.3 is 19.7 Å². The largest absolute Gasteiger partial charge is 0.480 e. The van der Waals surface area contributed by atoms with Gasteiger partial charge in [-0.1, -0.05) is 32.6 Å². The maximum atomic E-state index is 12.2. The van der Waals surface area contributed by atoms with Crippen molar-refractivity contribution in [3.05, 3.63) is 48.8 Å². The number of aliphatic carboxylic acids is 2. The molecule has 2 N–H and O–H groups in total. The second kappa shape index (κ2) is 7.81. The summed E-state index contributed by atoms with van der Waals surface area (Å²) in [4.78, 5) is 48.0. The average Bonchev–Trinajstić information content (AvgIpc) is 2.56. The van der Waals surface area contributed by atoms with Gasteiger partial charge in [0.15, 0.2) is 5.41 Å². The van der Waals surface area contributed by atoms with Crippen LogP contribution < -0.4 is 0 Å². The van der Waals surface area contributed by atoms with Crippen molar-refractivity contribution in [2.75, 3.05) is 0 Å². The predicted molar refractivity (Wildman–Crippen MR) is 89.8 cm³/mol. The summed E-state index contributed by atoms with van der Waals surface area (Å²) >= 11 is 0. The molecule has 2 unspecified atom stereocenters. The summed E-state index contributed by atoms with van der Waals surface area (Å²) in [6.07, 6.45) is 3.89. The van der Waals surface area contributed by atoms with Crippen LogP contribution >= 0.6 is 0 Å². The molecule has 0 aliphatic heterocycles. The molecule has 0 saturated heterocycles. The summed E-state index contributed by atoms with van der Waals surface area (Å²) in [5.74, 6) is -5.86. The maximum Gasteiger partial charge on any atom is 0.354 e. The second-order valence-electron chi connectivity index (χ2n) is 5.69. The van der Waals surface area contributed by atoms with Crippen LogP contribution in [0.5, 0.6) is 0 Å². The van der Waals surface area contributed by atoms with Crippen molar-refractivity contribution in [1.29, 1.82) is 0 Å². The maximum absolute atomic E-state index is 12.2. The van der Waals surface area contributed by atoms with Crippen LogP contribution in [-0.2, 0) is 28.7 Å². The number of hydrogen-bond donors (Lipinski definition) is 2. The van der Waals surface area contributed by atoms with Crippen LogP contribution in [0, 0.1) is 5.41 Å². The van der Waals surface area contributed by atoms with Crippen LogP contribution in [0.4, 0.5) is 0 Å². The summed E-state index contributed by atoms with van der Waals surface area (Å²) in [6, 6.07) is 0. The Morgan fingerprint density at radius 1 is 1.23 bits per heavy atom. The number of ether oxygens (including phenoxy) is 2. The standard InChI is InChI=1S/C18H20O8/c1-5-9-17(15(21)22)12(25-14(20)11(3)4)8-7-10-18(17,16(23)24)26-13(19)6-2/h6-8,10H,2-3,5,9H2,1,4H3,(H,21,22)(H,23,24). The van der Waals surface area contributed by atoms with Crippen LogP contribution in [0.3, 0.4) is 0 Å². The molecule has 0 aromatic carbocycles. The summed E-state index contributed by atoms with van der Waals surface area (Å²) in [5, 5.41) is 19.7. The summed E-state index contributed by atoms with van der Waals surface area (Å²) < 4.78 is 10.1. The van der Waals surface area contributed by atoms with E-state index in [2.05, 4.69) is 13.2 Å². The lowest BCUT2D eigenvalue weighted by Gasteiger charge is -2.43. The molecule has 0 bridgehead atoms. The number of carbonyl (C=O) groups is 4. The van der Waals surface area contributed by atoms with E-state index >= 15 is 0 Å². The third-order valence-electron chi connectivity index (χ3n) is 3.92. The number of carboxylic acids is 2. The fraction of sp³-hybridized carbons (Fsp3) is 0.333. The molecule has 1 aliphatic rings. The van der Waals surface area contributed by atoms with Gasteiger partial charge in [-0.15, -0.1) is 0 Å². The van der Waals surface area contributed by atoms with Gasteiger partial charge >= 0.3 is 23.9 Å². The van der Waals surface area contributed by atoms with Gasteiger partial charge in [-0.2, -0.15) is 0 Å². The molecule has 0 heterocycles. The lowest BCUT2D eigenvalue weighted by atomic mass is 9.64. The monoisotopic (exact) mass is 364 g/mol. The smallest absolute Gasteiger partial charge is 0.354 e. The Balaban J connectivity index is 3.72. The second-order valence-corrected chi connectivity index (χ2v) is 5.69. The minimum atomic E-state index is -2.63. The average molecular weight is 364 g/mol. The third-order valence-corrected chi connectivity index (χ3v) is 3.92. The first-order valence-corrected chi connectivity index (χ1v) is 7.69. The zero-order chi connectivity index (χ0) is 20.1. The first-order chi connectivity index (χ1) is 12.1. The molecule has 1 aliphatic carbocycles. The van der Waals surface area contributed by atoms with Crippen molar-refractivity contribution in [3.8, 4) is 0 Å². The number of carbonyl (C=O) groups excluding carboxylic acids is 2. The summed E-state index contributed by atoms with van der Waals surface area (Å²) in [5.41, 5.74) is -4.99. The number of hydrogen-bond acceptors (Lipinski definition) is 6. The van der Waals surface area contributed by atoms with Gasteiger partial charge in [0, 0.05) is 11.6 Å². The van der Waals surface area contributed by atoms with Crippen molar-refractivity contribution in [2.45, 2.75) is 32.3 Å². The highest BCUT2D eigenvalue weighted by molar-refractivity contribution is 5.97. The van der Waals surface area contributed by atoms with E-state index in [4.69, 9.17) is 9.47 Å². The van der Waals surface area contributed by atoms with Gasteiger partial charge in [-0.25, -0.2) is 14.4 Å². The van der Waals surface area contributed by atoms with E-state index in [0.717, 1.165) is 24.3 Å².